The Labute approximate surface area is 224 Å². The second-order valence-electron chi connectivity index (χ2n) is 10.6. The molecule has 0 spiro atoms. The summed E-state index contributed by atoms with van der Waals surface area (Å²) in [5.74, 6) is 2.73. The van der Waals surface area contributed by atoms with Crippen molar-refractivity contribution in [3.8, 4) is 5.75 Å². The van der Waals surface area contributed by atoms with Crippen molar-refractivity contribution in [3.05, 3.63) is 71.7 Å². The van der Waals surface area contributed by atoms with Crippen molar-refractivity contribution < 1.29 is 14.3 Å². The highest BCUT2D eigenvalue weighted by atomic mass is 16.5. The van der Waals surface area contributed by atoms with Crippen LogP contribution in [0.1, 0.15) is 50.4 Å². The van der Waals surface area contributed by atoms with Gasteiger partial charge in [0.05, 0.1) is 6.20 Å². The average Bonchev–Trinajstić information content (AvgIpc) is 3.47. The van der Waals surface area contributed by atoms with E-state index in [2.05, 4.69) is 59.0 Å². The fraction of sp³-hybridized carbons (Fsp3) is 0.433. The van der Waals surface area contributed by atoms with Gasteiger partial charge in [0.15, 0.2) is 0 Å². The van der Waals surface area contributed by atoms with Crippen molar-refractivity contribution in [2.24, 2.45) is 13.0 Å². The van der Waals surface area contributed by atoms with Crippen LogP contribution in [0, 0.1) is 5.92 Å². The first-order chi connectivity index (χ1) is 18.4. The lowest BCUT2D eigenvalue weighted by molar-refractivity contribution is -0.120. The van der Waals surface area contributed by atoms with Gasteiger partial charge in [-0.15, -0.1) is 0 Å². The number of benzene rings is 1. The van der Waals surface area contributed by atoms with Crippen LogP contribution in [0.25, 0.3) is 6.08 Å². The van der Waals surface area contributed by atoms with Crippen LogP contribution in [-0.2, 0) is 18.4 Å². The molecule has 200 valence electrons. The molecule has 1 saturated carbocycles. The van der Waals surface area contributed by atoms with Crippen molar-refractivity contribution in [2.45, 2.75) is 51.7 Å². The van der Waals surface area contributed by atoms with E-state index in [1.54, 1.807) is 11.1 Å². The van der Waals surface area contributed by atoms with Crippen LogP contribution in [0.2, 0.25) is 0 Å². The number of nitrogens with one attached hydrogen (secondary N) is 1. The second kappa shape index (κ2) is 11.4. The fourth-order valence-electron chi connectivity index (χ4n) is 5.55. The van der Waals surface area contributed by atoms with Gasteiger partial charge < -0.3 is 9.30 Å². The molecule has 3 heterocycles. The number of imide groups is 1. The van der Waals surface area contributed by atoms with Crippen molar-refractivity contribution in [3.63, 3.8) is 0 Å². The Morgan fingerprint density at radius 3 is 2.61 bits per heavy atom. The number of carbonyl (C=O) groups excluding carboxylic acids is 2. The maximum absolute atomic E-state index is 12.2. The molecule has 8 heteroatoms. The predicted molar refractivity (Wildman–Crippen MR) is 149 cm³/mol. The van der Waals surface area contributed by atoms with E-state index < -0.39 is 6.03 Å². The van der Waals surface area contributed by atoms with Gasteiger partial charge in [-0.2, -0.15) is 0 Å². The molecule has 0 radical (unpaired) electrons. The van der Waals surface area contributed by atoms with Crippen LogP contribution in [0.4, 0.5) is 10.6 Å². The summed E-state index contributed by atoms with van der Waals surface area (Å²) in [5.41, 5.74) is 3.67. The number of ether oxygens (including phenoxy) is 1. The molecule has 1 aromatic carbocycles. The van der Waals surface area contributed by atoms with Gasteiger partial charge in [0, 0.05) is 39.6 Å². The third kappa shape index (κ3) is 5.75. The van der Waals surface area contributed by atoms with E-state index in [9.17, 15) is 9.59 Å². The van der Waals surface area contributed by atoms with Crippen molar-refractivity contribution in [1.29, 1.82) is 0 Å². The molecule has 8 nitrogen and oxygen atoms in total. The van der Waals surface area contributed by atoms with Gasteiger partial charge >= 0.3 is 6.03 Å². The molecule has 1 saturated heterocycles. The summed E-state index contributed by atoms with van der Waals surface area (Å²) >= 11 is 0. The Balaban J connectivity index is 1.19. The number of amides is 3. The Morgan fingerprint density at radius 2 is 1.87 bits per heavy atom. The highest BCUT2D eigenvalue weighted by Gasteiger charge is 2.27. The summed E-state index contributed by atoms with van der Waals surface area (Å²) in [4.78, 5) is 32.1. The predicted octanol–water partition coefficient (Wildman–Crippen LogP) is 4.84. The highest BCUT2D eigenvalue weighted by Crippen LogP contribution is 2.29. The smallest absolute Gasteiger partial charge is 0.329 e. The van der Waals surface area contributed by atoms with Crippen LogP contribution in [-0.4, -0.2) is 52.1 Å². The number of carbonyl (C=O) groups is 2. The monoisotopic (exact) mass is 515 g/mol. The van der Waals surface area contributed by atoms with Gasteiger partial charge in [0.25, 0.3) is 0 Å². The van der Waals surface area contributed by atoms with E-state index in [1.807, 2.05) is 23.8 Å². The molecule has 2 aromatic rings. The fourth-order valence-corrected chi connectivity index (χ4v) is 5.55. The van der Waals surface area contributed by atoms with E-state index in [0.717, 1.165) is 37.6 Å². The average molecular weight is 516 g/mol. The van der Waals surface area contributed by atoms with Crippen LogP contribution in [0.3, 0.4) is 0 Å². The summed E-state index contributed by atoms with van der Waals surface area (Å²) in [6.07, 6.45) is 13.3. The standard InChI is InChI=1S/C30H37N5O3/c1-4-23-19-34(18-22-9-12-25(13-10-22)38-26-8-6-5-7-21(26)2)20-24(23)11-14-27-31-17-29(33(27)3)35-16-15-28(36)32-30(35)37/h4,9-14,17,21,26H,1,5-8,15-16,18-20H2,2-3H3,(H,32,36,37)/b14-11+/t21-,26-/m0/s1. The van der Waals surface area contributed by atoms with Crippen LogP contribution >= 0.6 is 0 Å². The Bertz CT molecular complexity index is 1260. The quantitative estimate of drug-likeness (QED) is 0.545. The third-order valence-electron chi connectivity index (χ3n) is 7.86. The van der Waals surface area contributed by atoms with Crippen LogP contribution < -0.4 is 15.0 Å². The Hall–Kier alpha value is -3.65. The van der Waals surface area contributed by atoms with Gasteiger partial charge in [-0.05, 0) is 60.1 Å². The minimum absolute atomic E-state index is 0.249. The molecule has 1 aromatic heterocycles. The zero-order valence-corrected chi connectivity index (χ0v) is 22.4. The lowest BCUT2D eigenvalue weighted by atomic mass is 9.88. The SMILES string of the molecule is C=CC1=C(/C=C/c2ncc(N3CCC(=O)NC3=O)n2C)CN(Cc2ccc(O[C@H]3CCCC[C@@H]3C)cc2)C1. The summed E-state index contributed by atoms with van der Waals surface area (Å²) in [7, 11) is 1.87. The topological polar surface area (TPSA) is 79.7 Å². The molecule has 0 unspecified atom stereocenters. The number of imidazole rings is 1. The summed E-state index contributed by atoms with van der Waals surface area (Å²) in [6.45, 7) is 9.19. The van der Waals surface area contributed by atoms with E-state index in [4.69, 9.17) is 4.74 Å². The van der Waals surface area contributed by atoms with E-state index >= 15 is 0 Å². The number of nitrogens with zero attached hydrogens (tertiary/aromatic N) is 4. The largest absolute Gasteiger partial charge is 0.490 e. The zero-order valence-electron chi connectivity index (χ0n) is 22.4. The van der Waals surface area contributed by atoms with Gasteiger partial charge in [-0.25, -0.2) is 9.78 Å². The first kappa shape index (κ1) is 26.0. The molecule has 2 fully saturated rings. The van der Waals surface area contributed by atoms with Crippen LogP contribution in [0.5, 0.6) is 5.75 Å². The lowest BCUT2D eigenvalue weighted by Gasteiger charge is -2.29. The van der Waals surface area contributed by atoms with Crippen molar-refractivity contribution >= 4 is 23.8 Å². The molecule has 3 amide bonds. The molecule has 2 atom stereocenters. The van der Waals surface area contributed by atoms with Crippen molar-refractivity contribution in [2.75, 3.05) is 24.5 Å². The van der Waals surface area contributed by atoms with Crippen LogP contribution in [0.15, 0.2) is 60.3 Å². The number of rotatable bonds is 8. The maximum Gasteiger partial charge on any atom is 0.329 e. The first-order valence-corrected chi connectivity index (χ1v) is 13.5. The Morgan fingerprint density at radius 1 is 1.11 bits per heavy atom. The number of hydrogen-bond donors (Lipinski definition) is 1. The lowest BCUT2D eigenvalue weighted by Crippen LogP contribution is -2.50. The summed E-state index contributed by atoms with van der Waals surface area (Å²) < 4.78 is 8.15. The highest BCUT2D eigenvalue weighted by molar-refractivity contribution is 6.05. The van der Waals surface area contributed by atoms with Gasteiger partial charge in [0.1, 0.15) is 23.5 Å². The molecular formula is C30H37N5O3. The molecule has 0 bridgehead atoms. The molecule has 5 rings (SSSR count). The van der Waals surface area contributed by atoms with Gasteiger partial charge in [-0.3, -0.25) is 19.9 Å². The van der Waals surface area contributed by atoms with Gasteiger partial charge in [0.2, 0.25) is 5.91 Å². The number of anilines is 1. The number of aromatic nitrogens is 2. The van der Waals surface area contributed by atoms with Crippen molar-refractivity contribution in [1.82, 2.24) is 19.8 Å². The Kier molecular flexibility index (Phi) is 7.79. The molecule has 38 heavy (non-hydrogen) atoms. The molecule has 1 N–H and O–H groups in total. The normalized spacial score (nSPS) is 22.8. The maximum atomic E-state index is 12.2. The first-order valence-electron chi connectivity index (χ1n) is 13.5. The minimum Gasteiger partial charge on any atom is -0.490 e. The minimum atomic E-state index is -0.411. The van der Waals surface area contributed by atoms with E-state index in [1.165, 1.54) is 36.0 Å². The van der Waals surface area contributed by atoms with Gasteiger partial charge in [-0.1, -0.05) is 44.2 Å². The summed E-state index contributed by atoms with van der Waals surface area (Å²) in [6, 6.07) is 8.14. The molecular weight excluding hydrogens is 478 g/mol. The second-order valence-corrected chi connectivity index (χ2v) is 10.6. The molecule has 1 aliphatic carbocycles. The number of urea groups is 1. The molecule has 2 aliphatic heterocycles. The van der Waals surface area contributed by atoms with E-state index in [0.29, 0.717) is 24.4 Å². The number of hydrogen-bond acceptors (Lipinski definition) is 5. The van der Waals surface area contributed by atoms with E-state index in [-0.39, 0.29) is 12.3 Å². The summed E-state index contributed by atoms with van der Waals surface area (Å²) in [5, 5.41) is 2.36. The third-order valence-corrected chi connectivity index (χ3v) is 7.86. The zero-order chi connectivity index (χ0) is 26.6. The molecule has 3 aliphatic rings.